The summed E-state index contributed by atoms with van der Waals surface area (Å²) in [6.07, 6.45) is 1.48. The van der Waals surface area contributed by atoms with Crippen LogP contribution in [0.15, 0.2) is 33.9 Å². The van der Waals surface area contributed by atoms with Crippen LogP contribution in [0.25, 0.3) is 6.08 Å². The fraction of sp³-hybridized carbons (Fsp3) is 0.333. The molecule has 0 saturated heterocycles. The molecule has 0 fully saturated rings. The second-order valence-electron chi connectivity index (χ2n) is 6.68. The molecule has 2 aliphatic rings. The van der Waals surface area contributed by atoms with Crippen molar-refractivity contribution in [1.82, 2.24) is 5.01 Å². The average Bonchev–Trinajstić information content (AvgIpc) is 3.09. The first-order chi connectivity index (χ1) is 13.7. The van der Waals surface area contributed by atoms with Crippen molar-refractivity contribution in [2.24, 2.45) is 16.0 Å². The molecule has 1 amide bonds. The minimum absolute atomic E-state index is 0.00664. The number of amidine groups is 2. The van der Waals surface area contributed by atoms with Gasteiger partial charge in [0.05, 0.1) is 25.5 Å². The highest BCUT2D eigenvalue weighted by Gasteiger charge is 2.39. The van der Waals surface area contributed by atoms with Crippen LogP contribution >= 0.6 is 11.8 Å². The van der Waals surface area contributed by atoms with Gasteiger partial charge in [-0.1, -0.05) is 19.9 Å². The lowest BCUT2D eigenvalue weighted by Crippen LogP contribution is -2.35. The second kappa shape index (κ2) is 7.99. The van der Waals surface area contributed by atoms with Gasteiger partial charge in [-0.2, -0.15) is 10.0 Å². The summed E-state index contributed by atoms with van der Waals surface area (Å²) >= 11 is 0.783. The van der Waals surface area contributed by atoms with E-state index >= 15 is 0 Å². The second-order valence-corrected chi connectivity index (χ2v) is 9.84. The number of sulfone groups is 1. The van der Waals surface area contributed by atoms with Crippen LogP contribution in [0.4, 0.5) is 0 Å². The maximum Gasteiger partial charge on any atom is 0.283 e. The number of nitrogens with one attached hydrogen (secondary N) is 1. The van der Waals surface area contributed by atoms with Gasteiger partial charge in [0.1, 0.15) is 0 Å². The molecule has 2 aliphatic heterocycles. The molecule has 1 N–H and O–H groups in total. The topological polar surface area (TPSA) is 121 Å². The van der Waals surface area contributed by atoms with Crippen molar-refractivity contribution in [3.63, 3.8) is 0 Å². The van der Waals surface area contributed by atoms with Crippen molar-refractivity contribution >= 4 is 49.0 Å². The quantitative estimate of drug-likeness (QED) is 0.703. The van der Waals surface area contributed by atoms with Gasteiger partial charge in [0.15, 0.2) is 17.3 Å². The lowest BCUT2D eigenvalue weighted by atomic mass is 10.1. The zero-order valence-electron chi connectivity index (χ0n) is 16.3. The lowest BCUT2D eigenvalue weighted by Gasteiger charge is -2.20. The Balaban J connectivity index is 1.95. The molecule has 0 aliphatic carbocycles. The van der Waals surface area contributed by atoms with Crippen LogP contribution in [0.2, 0.25) is 0 Å². The summed E-state index contributed by atoms with van der Waals surface area (Å²) in [6.45, 7) is 3.58. The largest absolute Gasteiger partial charge is 0.493 e. The number of hydrogen-bond donors (Lipinski definition) is 1. The summed E-state index contributed by atoms with van der Waals surface area (Å²) in [4.78, 5) is 16.4. The van der Waals surface area contributed by atoms with Crippen LogP contribution in [-0.4, -0.2) is 54.7 Å². The molecule has 3 rings (SSSR count). The molecule has 1 aromatic rings. The predicted octanol–water partition coefficient (Wildman–Crippen LogP) is 2.35. The predicted molar refractivity (Wildman–Crippen MR) is 113 cm³/mol. The number of carbonyl (C=O) groups excluding carboxylic acids is 1. The average molecular weight is 437 g/mol. The third-order valence-electron chi connectivity index (χ3n) is 3.97. The van der Waals surface area contributed by atoms with Gasteiger partial charge in [-0.3, -0.25) is 10.2 Å². The van der Waals surface area contributed by atoms with E-state index in [-0.39, 0.29) is 32.6 Å². The summed E-state index contributed by atoms with van der Waals surface area (Å²) in [5, 5.41) is 13.5. The Morgan fingerprint density at radius 1 is 1.24 bits per heavy atom. The first kappa shape index (κ1) is 21.1. The van der Waals surface area contributed by atoms with Gasteiger partial charge >= 0.3 is 0 Å². The van der Waals surface area contributed by atoms with E-state index in [0.717, 1.165) is 16.8 Å². The van der Waals surface area contributed by atoms with E-state index < -0.39 is 15.7 Å². The van der Waals surface area contributed by atoms with Crippen LogP contribution in [-0.2, 0) is 14.6 Å². The van der Waals surface area contributed by atoms with Crippen molar-refractivity contribution in [1.29, 1.82) is 5.41 Å². The molecule has 0 spiro atoms. The van der Waals surface area contributed by atoms with E-state index in [9.17, 15) is 13.2 Å². The van der Waals surface area contributed by atoms with E-state index in [0.29, 0.717) is 17.1 Å². The molecule has 9 nitrogen and oxygen atoms in total. The minimum Gasteiger partial charge on any atom is -0.493 e. The maximum absolute atomic E-state index is 12.5. The SMILES string of the molecule is COc1ccc(/C=C2/C(=N)N3N=C(S(=O)(=O)CC(C)C)SC3=NC2=O)cc1OC. The Morgan fingerprint density at radius 3 is 2.55 bits per heavy atom. The highest BCUT2D eigenvalue weighted by molar-refractivity contribution is 8.42. The van der Waals surface area contributed by atoms with Crippen LogP contribution in [0.1, 0.15) is 19.4 Å². The van der Waals surface area contributed by atoms with Gasteiger partial charge in [0, 0.05) is 0 Å². The van der Waals surface area contributed by atoms with E-state index in [1.54, 1.807) is 32.0 Å². The number of hydrogen-bond acceptors (Lipinski definition) is 8. The van der Waals surface area contributed by atoms with Gasteiger partial charge < -0.3 is 9.47 Å². The van der Waals surface area contributed by atoms with Gasteiger partial charge in [-0.05, 0) is 41.5 Å². The van der Waals surface area contributed by atoms with E-state index in [2.05, 4.69) is 10.1 Å². The Hall–Kier alpha value is -2.66. The summed E-state index contributed by atoms with van der Waals surface area (Å²) in [7, 11) is -0.610. The number of methoxy groups -OCH3 is 2. The molecule has 11 heteroatoms. The number of hydrazone groups is 1. The lowest BCUT2D eigenvalue weighted by molar-refractivity contribution is -0.114. The molecule has 0 aromatic heterocycles. The number of fused-ring (bicyclic) bond motifs is 1. The standard InChI is InChI=1S/C18H20N4O5S2/c1-10(2)9-29(24,25)18-21-22-15(19)12(16(23)20-17(22)28-18)7-11-5-6-13(26-3)14(8-11)27-4/h5-8,10,19H,9H2,1-4H3/b12-7-,19-15?. The normalized spacial score (nSPS) is 18.1. The number of ether oxygens (including phenoxy) is 2. The fourth-order valence-corrected chi connectivity index (χ4v) is 5.51. The molecule has 29 heavy (non-hydrogen) atoms. The summed E-state index contributed by atoms with van der Waals surface area (Å²) in [5.74, 6) is -0.0313. The third kappa shape index (κ3) is 4.20. The molecule has 2 heterocycles. The van der Waals surface area contributed by atoms with Gasteiger partial charge in [-0.25, -0.2) is 8.42 Å². The van der Waals surface area contributed by atoms with Gasteiger partial charge in [-0.15, -0.1) is 5.10 Å². The molecular formula is C18H20N4O5S2. The van der Waals surface area contributed by atoms with Crippen molar-refractivity contribution < 1.29 is 22.7 Å². The van der Waals surface area contributed by atoms with E-state index in [1.165, 1.54) is 20.3 Å². The molecular weight excluding hydrogens is 416 g/mol. The van der Waals surface area contributed by atoms with Gasteiger partial charge in [0.25, 0.3) is 5.91 Å². The smallest absolute Gasteiger partial charge is 0.283 e. The molecule has 0 bridgehead atoms. The zero-order chi connectivity index (χ0) is 21.3. The Labute approximate surface area is 172 Å². The number of aliphatic imine (C=N–C) groups is 1. The fourth-order valence-electron chi connectivity index (χ4n) is 2.72. The van der Waals surface area contributed by atoms with Crippen molar-refractivity contribution in [2.75, 3.05) is 20.0 Å². The maximum atomic E-state index is 12.5. The number of rotatable bonds is 5. The Bertz CT molecular complexity index is 1070. The van der Waals surface area contributed by atoms with Crippen LogP contribution in [0.3, 0.4) is 0 Å². The van der Waals surface area contributed by atoms with Crippen molar-refractivity contribution in [2.45, 2.75) is 13.8 Å². The summed E-state index contributed by atoms with van der Waals surface area (Å²) < 4.78 is 35.2. The Morgan fingerprint density at radius 2 is 1.93 bits per heavy atom. The number of nitrogens with zero attached hydrogens (tertiary/aromatic N) is 3. The van der Waals surface area contributed by atoms with Gasteiger partial charge in [0.2, 0.25) is 19.4 Å². The highest BCUT2D eigenvalue weighted by atomic mass is 32.3. The monoisotopic (exact) mass is 436 g/mol. The number of amides is 1. The van der Waals surface area contributed by atoms with E-state index in [1.807, 2.05) is 0 Å². The third-order valence-corrected chi connectivity index (χ3v) is 7.41. The number of benzene rings is 1. The number of thioether (sulfide) groups is 1. The zero-order valence-corrected chi connectivity index (χ0v) is 17.9. The highest BCUT2D eigenvalue weighted by Crippen LogP contribution is 2.32. The van der Waals surface area contributed by atoms with Crippen LogP contribution in [0.5, 0.6) is 11.5 Å². The summed E-state index contributed by atoms with van der Waals surface area (Å²) in [5.41, 5.74) is 0.589. The Kier molecular flexibility index (Phi) is 5.80. The molecule has 1 aromatic carbocycles. The molecule has 0 saturated carbocycles. The molecule has 0 atom stereocenters. The van der Waals surface area contributed by atoms with Crippen molar-refractivity contribution in [3.05, 3.63) is 29.3 Å². The van der Waals surface area contributed by atoms with E-state index in [4.69, 9.17) is 14.9 Å². The minimum atomic E-state index is -3.62. The van der Waals surface area contributed by atoms with Crippen LogP contribution < -0.4 is 9.47 Å². The van der Waals surface area contributed by atoms with Crippen LogP contribution in [0, 0.1) is 11.3 Å². The first-order valence-corrected chi connectivity index (χ1v) is 11.1. The van der Waals surface area contributed by atoms with Crippen molar-refractivity contribution in [3.8, 4) is 11.5 Å². The summed E-state index contributed by atoms with van der Waals surface area (Å²) in [6, 6.07) is 5.04. The first-order valence-electron chi connectivity index (χ1n) is 8.61. The molecule has 0 unspecified atom stereocenters. The molecule has 154 valence electrons. The molecule has 0 radical (unpaired) electrons. The number of carbonyl (C=O) groups is 1.